The molecule has 0 N–H and O–H groups in total. The summed E-state index contributed by atoms with van der Waals surface area (Å²) in [5.74, 6) is -0.799. The number of Topliss-reactive ketones (excluding diaryl/α,β-unsaturated/α-hetero) is 2. The number of ketones is 2. The summed E-state index contributed by atoms with van der Waals surface area (Å²) in [5, 5.41) is 0. The van der Waals surface area contributed by atoms with Gasteiger partial charge in [0, 0.05) is 12.5 Å². The molecule has 0 atom stereocenters. The molecule has 14 heavy (non-hydrogen) atoms. The zero-order valence-corrected chi connectivity index (χ0v) is 8.97. The summed E-state index contributed by atoms with van der Waals surface area (Å²) in [5.41, 5.74) is 3.50. The van der Waals surface area contributed by atoms with Crippen molar-refractivity contribution in [2.45, 2.75) is 27.7 Å². The van der Waals surface area contributed by atoms with Crippen LogP contribution in [-0.4, -0.2) is 11.6 Å². The van der Waals surface area contributed by atoms with E-state index in [0.717, 1.165) is 16.7 Å². The lowest BCUT2D eigenvalue weighted by molar-refractivity contribution is -0.113. The summed E-state index contributed by atoms with van der Waals surface area (Å²) in [6, 6.07) is 3.78. The Bertz CT molecular complexity index is 403. The second-order valence-corrected chi connectivity index (χ2v) is 3.64. The fourth-order valence-corrected chi connectivity index (χ4v) is 1.47. The van der Waals surface area contributed by atoms with E-state index < -0.39 is 11.6 Å². The third-order valence-electron chi connectivity index (χ3n) is 2.38. The third kappa shape index (κ3) is 1.90. The van der Waals surface area contributed by atoms with Crippen molar-refractivity contribution < 1.29 is 9.59 Å². The van der Waals surface area contributed by atoms with E-state index in [4.69, 9.17) is 0 Å². The molecule has 1 aromatic carbocycles. The van der Waals surface area contributed by atoms with Gasteiger partial charge in [-0.25, -0.2) is 0 Å². The van der Waals surface area contributed by atoms with E-state index in [0.29, 0.717) is 5.56 Å². The molecule has 2 nitrogen and oxygen atoms in total. The number of rotatable bonds is 2. The molecule has 0 amide bonds. The first-order valence-corrected chi connectivity index (χ1v) is 4.56. The van der Waals surface area contributed by atoms with Gasteiger partial charge in [0.1, 0.15) is 0 Å². The Morgan fingerprint density at radius 1 is 1.07 bits per heavy atom. The highest BCUT2D eigenvalue weighted by Gasteiger charge is 2.14. The largest absolute Gasteiger partial charge is 0.291 e. The van der Waals surface area contributed by atoms with Crippen molar-refractivity contribution in [2.75, 3.05) is 0 Å². The molecule has 0 fully saturated rings. The maximum Gasteiger partial charge on any atom is 0.228 e. The van der Waals surface area contributed by atoms with Gasteiger partial charge in [0.15, 0.2) is 5.78 Å². The van der Waals surface area contributed by atoms with Crippen molar-refractivity contribution in [3.63, 3.8) is 0 Å². The molecule has 0 saturated carbocycles. The van der Waals surface area contributed by atoms with E-state index in [1.807, 2.05) is 26.8 Å². The predicted octanol–water partition coefficient (Wildman–Crippen LogP) is 2.38. The van der Waals surface area contributed by atoms with E-state index >= 15 is 0 Å². The van der Waals surface area contributed by atoms with Crippen molar-refractivity contribution in [2.24, 2.45) is 0 Å². The first kappa shape index (κ1) is 10.6. The minimum atomic E-state index is -0.405. The first-order valence-electron chi connectivity index (χ1n) is 4.56. The van der Waals surface area contributed by atoms with Gasteiger partial charge in [-0.1, -0.05) is 11.6 Å². The van der Waals surface area contributed by atoms with Gasteiger partial charge in [0.2, 0.25) is 5.78 Å². The van der Waals surface area contributed by atoms with Gasteiger partial charge in [0.25, 0.3) is 0 Å². The number of hydrogen-bond acceptors (Lipinski definition) is 2. The number of aryl methyl sites for hydroxylation is 2. The minimum absolute atomic E-state index is 0.394. The van der Waals surface area contributed by atoms with Crippen LogP contribution in [0.5, 0.6) is 0 Å². The molecule has 0 spiro atoms. The monoisotopic (exact) mass is 190 g/mol. The van der Waals surface area contributed by atoms with Crippen LogP contribution in [0, 0.1) is 20.8 Å². The maximum absolute atomic E-state index is 11.5. The summed E-state index contributed by atoms with van der Waals surface area (Å²) in [6.45, 7) is 7.03. The van der Waals surface area contributed by atoms with Crippen molar-refractivity contribution >= 4 is 11.6 Å². The first-order chi connectivity index (χ1) is 6.43. The standard InChI is InChI=1S/C12H14O2/c1-7-5-8(2)9(3)11(6-7)12(14)10(4)13/h5-6H,1-4H3. The molecular formula is C12H14O2. The summed E-state index contributed by atoms with van der Waals surface area (Å²) >= 11 is 0. The summed E-state index contributed by atoms with van der Waals surface area (Å²) < 4.78 is 0. The number of benzene rings is 1. The fraction of sp³-hybridized carbons (Fsp3) is 0.333. The van der Waals surface area contributed by atoms with Crippen LogP contribution in [0.2, 0.25) is 0 Å². The lowest BCUT2D eigenvalue weighted by Crippen LogP contribution is -2.12. The average molecular weight is 190 g/mol. The van der Waals surface area contributed by atoms with E-state index in [-0.39, 0.29) is 0 Å². The molecular weight excluding hydrogens is 176 g/mol. The van der Waals surface area contributed by atoms with Gasteiger partial charge in [-0.15, -0.1) is 0 Å². The van der Waals surface area contributed by atoms with E-state index in [1.165, 1.54) is 6.92 Å². The normalized spacial score (nSPS) is 10.0. The van der Waals surface area contributed by atoms with Crippen LogP contribution in [-0.2, 0) is 4.79 Å². The molecule has 0 aliphatic carbocycles. The van der Waals surface area contributed by atoms with Gasteiger partial charge >= 0.3 is 0 Å². The van der Waals surface area contributed by atoms with Gasteiger partial charge < -0.3 is 0 Å². The quantitative estimate of drug-likeness (QED) is 0.530. The maximum atomic E-state index is 11.5. The molecule has 0 aromatic heterocycles. The van der Waals surface area contributed by atoms with Crippen LogP contribution in [0.1, 0.15) is 34.0 Å². The summed E-state index contributed by atoms with van der Waals surface area (Å²) in [7, 11) is 0. The highest BCUT2D eigenvalue weighted by Crippen LogP contribution is 2.16. The molecule has 1 rings (SSSR count). The lowest BCUT2D eigenvalue weighted by Gasteiger charge is -2.07. The van der Waals surface area contributed by atoms with E-state index in [2.05, 4.69) is 0 Å². The SMILES string of the molecule is CC(=O)C(=O)c1cc(C)cc(C)c1C. The molecule has 1 aromatic rings. The zero-order chi connectivity index (χ0) is 10.9. The number of carbonyl (C=O) groups excluding carboxylic acids is 2. The Labute approximate surface area is 83.9 Å². The fourth-order valence-electron chi connectivity index (χ4n) is 1.47. The van der Waals surface area contributed by atoms with Crippen LogP contribution in [0.3, 0.4) is 0 Å². The van der Waals surface area contributed by atoms with Crippen molar-refractivity contribution in [3.8, 4) is 0 Å². The predicted molar refractivity (Wildman–Crippen MR) is 55.7 cm³/mol. The topological polar surface area (TPSA) is 34.1 Å². The Hall–Kier alpha value is -1.44. The molecule has 0 bridgehead atoms. The highest BCUT2D eigenvalue weighted by atomic mass is 16.2. The van der Waals surface area contributed by atoms with Crippen LogP contribution in [0.25, 0.3) is 0 Å². The molecule has 0 aliphatic rings. The summed E-state index contributed by atoms with van der Waals surface area (Å²) in [4.78, 5) is 22.5. The second-order valence-electron chi connectivity index (χ2n) is 3.64. The third-order valence-corrected chi connectivity index (χ3v) is 2.38. The molecule has 0 aliphatic heterocycles. The second kappa shape index (κ2) is 3.74. The van der Waals surface area contributed by atoms with Gasteiger partial charge in [-0.2, -0.15) is 0 Å². The molecule has 2 heteroatoms. The van der Waals surface area contributed by atoms with Crippen LogP contribution < -0.4 is 0 Å². The Balaban J connectivity index is 3.34. The molecule has 0 heterocycles. The minimum Gasteiger partial charge on any atom is -0.291 e. The zero-order valence-electron chi connectivity index (χ0n) is 8.97. The molecule has 0 unspecified atom stereocenters. The van der Waals surface area contributed by atoms with Gasteiger partial charge in [0.05, 0.1) is 0 Å². The summed E-state index contributed by atoms with van der Waals surface area (Å²) in [6.07, 6.45) is 0. The number of hydrogen-bond donors (Lipinski definition) is 0. The van der Waals surface area contributed by atoms with Gasteiger partial charge in [-0.3, -0.25) is 9.59 Å². The van der Waals surface area contributed by atoms with Crippen molar-refractivity contribution in [3.05, 3.63) is 34.4 Å². The Kier molecular flexibility index (Phi) is 2.84. The van der Waals surface area contributed by atoms with Crippen molar-refractivity contribution in [1.29, 1.82) is 0 Å². The smallest absolute Gasteiger partial charge is 0.228 e. The van der Waals surface area contributed by atoms with Gasteiger partial charge in [-0.05, 0) is 38.0 Å². The molecule has 0 radical (unpaired) electrons. The van der Waals surface area contributed by atoms with Crippen LogP contribution >= 0.6 is 0 Å². The lowest BCUT2D eigenvalue weighted by atomic mass is 9.96. The van der Waals surface area contributed by atoms with Crippen LogP contribution in [0.4, 0.5) is 0 Å². The molecule has 74 valence electrons. The van der Waals surface area contributed by atoms with E-state index in [1.54, 1.807) is 6.07 Å². The highest BCUT2D eigenvalue weighted by molar-refractivity contribution is 6.43. The number of carbonyl (C=O) groups is 2. The van der Waals surface area contributed by atoms with E-state index in [9.17, 15) is 9.59 Å². The average Bonchev–Trinajstić information content (AvgIpc) is 2.09. The molecule has 0 saturated heterocycles. The Morgan fingerprint density at radius 2 is 1.64 bits per heavy atom. The van der Waals surface area contributed by atoms with Crippen molar-refractivity contribution in [1.82, 2.24) is 0 Å². The van der Waals surface area contributed by atoms with Crippen LogP contribution in [0.15, 0.2) is 12.1 Å². The Morgan fingerprint density at radius 3 is 2.14 bits per heavy atom.